The van der Waals surface area contributed by atoms with E-state index < -0.39 is 11.7 Å². The highest BCUT2D eigenvalue weighted by Gasteiger charge is 2.34. The fourth-order valence-electron chi connectivity index (χ4n) is 3.99. The predicted molar refractivity (Wildman–Crippen MR) is 111 cm³/mol. The van der Waals surface area contributed by atoms with E-state index in [-0.39, 0.29) is 24.5 Å². The Morgan fingerprint density at radius 2 is 1.84 bits per heavy atom. The summed E-state index contributed by atoms with van der Waals surface area (Å²) in [6.07, 6.45) is -1.30. The quantitative estimate of drug-likeness (QED) is 0.621. The predicted octanol–water partition coefficient (Wildman–Crippen LogP) is 5.34. The molecule has 1 aliphatic heterocycles. The molecule has 2 aliphatic rings. The first-order valence-electron chi connectivity index (χ1n) is 10.5. The van der Waals surface area contributed by atoms with Crippen LogP contribution in [0.4, 0.5) is 13.2 Å². The minimum absolute atomic E-state index is 0.00684. The number of hydrogen-bond donors (Lipinski definition) is 0. The summed E-state index contributed by atoms with van der Waals surface area (Å²) >= 11 is 0. The summed E-state index contributed by atoms with van der Waals surface area (Å²) in [6, 6.07) is 12.9. The van der Waals surface area contributed by atoms with Gasteiger partial charge in [0.1, 0.15) is 0 Å². The van der Waals surface area contributed by atoms with Crippen molar-refractivity contribution in [2.45, 2.75) is 51.4 Å². The molecule has 0 spiro atoms. The van der Waals surface area contributed by atoms with E-state index >= 15 is 0 Å². The van der Waals surface area contributed by atoms with Crippen molar-refractivity contribution in [3.8, 4) is 0 Å². The Balaban J connectivity index is 1.45. The number of rotatable bonds is 6. The van der Waals surface area contributed by atoms with Gasteiger partial charge in [-0.05, 0) is 43.0 Å². The fourth-order valence-corrected chi connectivity index (χ4v) is 3.99. The lowest BCUT2D eigenvalue weighted by Gasteiger charge is -2.32. The summed E-state index contributed by atoms with van der Waals surface area (Å²) in [4.78, 5) is 20.4. The molecule has 4 rings (SSSR count). The molecule has 31 heavy (non-hydrogen) atoms. The molecule has 1 aliphatic carbocycles. The van der Waals surface area contributed by atoms with E-state index in [0.29, 0.717) is 18.5 Å². The topological polar surface area (TPSA) is 41.9 Å². The van der Waals surface area contributed by atoms with E-state index in [1.165, 1.54) is 12.1 Å². The third-order valence-electron chi connectivity index (χ3n) is 6.03. The van der Waals surface area contributed by atoms with Crippen molar-refractivity contribution < 1.29 is 22.8 Å². The highest BCUT2D eigenvalue weighted by Crippen LogP contribution is 2.31. The smallest absolute Gasteiger partial charge is 0.390 e. The molecule has 1 saturated carbocycles. The van der Waals surface area contributed by atoms with Crippen LogP contribution in [0.3, 0.4) is 0 Å². The van der Waals surface area contributed by atoms with E-state index in [4.69, 9.17) is 4.84 Å². The second kappa shape index (κ2) is 8.73. The van der Waals surface area contributed by atoms with Crippen LogP contribution in [-0.4, -0.2) is 29.2 Å². The van der Waals surface area contributed by atoms with Gasteiger partial charge in [-0.15, -0.1) is 0 Å². The fraction of sp³-hybridized carbons (Fsp3) is 0.417. The number of amides is 1. The van der Waals surface area contributed by atoms with Crippen LogP contribution >= 0.6 is 0 Å². The molecule has 7 heteroatoms. The van der Waals surface area contributed by atoms with Gasteiger partial charge in [0.2, 0.25) is 5.91 Å². The number of alkyl halides is 3. The van der Waals surface area contributed by atoms with Crippen LogP contribution in [0, 0.1) is 12.8 Å². The number of halogens is 3. The SMILES string of the molecule is Cc1ccccc1C1=NO[C@@H](CN(Cc2ccc(C(F)(F)F)cc2)C(=O)C2CCC2)C1. The molecule has 2 aromatic rings. The van der Waals surface area contributed by atoms with Crippen LogP contribution in [0.5, 0.6) is 0 Å². The number of carbonyl (C=O) groups is 1. The van der Waals surface area contributed by atoms with Gasteiger partial charge in [-0.25, -0.2) is 0 Å². The number of aryl methyl sites for hydroxylation is 1. The van der Waals surface area contributed by atoms with E-state index in [1.54, 1.807) is 4.90 Å². The monoisotopic (exact) mass is 430 g/mol. The zero-order valence-corrected chi connectivity index (χ0v) is 17.4. The van der Waals surface area contributed by atoms with Gasteiger partial charge < -0.3 is 9.74 Å². The van der Waals surface area contributed by atoms with Crippen molar-refractivity contribution in [2.75, 3.05) is 6.54 Å². The Morgan fingerprint density at radius 3 is 2.45 bits per heavy atom. The molecule has 0 bridgehead atoms. The number of benzene rings is 2. The zero-order valence-electron chi connectivity index (χ0n) is 17.4. The largest absolute Gasteiger partial charge is 0.416 e. The van der Waals surface area contributed by atoms with Crippen LogP contribution < -0.4 is 0 Å². The van der Waals surface area contributed by atoms with E-state index in [9.17, 15) is 18.0 Å². The first-order valence-corrected chi connectivity index (χ1v) is 10.5. The van der Waals surface area contributed by atoms with Gasteiger partial charge >= 0.3 is 6.18 Å². The molecule has 0 N–H and O–H groups in total. The van der Waals surface area contributed by atoms with Crippen molar-refractivity contribution in [3.63, 3.8) is 0 Å². The molecule has 164 valence electrons. The maximum absolute atomic E-state index is 13.0. The van der Waals surface area contributed by atoms with Gasteiger partial charge in [0.15, 0.2) is 6.10 Å². The van der Waals surface area contributed by atoms with Gasteiger partial charge in [0.25, 0.3) is 0 Å². The van der Waals surface area contributed by atoms with Crippen LogP contribution in [0.2, 0.25) is 0 Å². The molecule has 0 aromatic heterocycles. The van der Waals surface area contributed by atoms with Crippen LogP contribution in [-0.2, 0) is 22.4 Å². The van der Waals surface area contributed by atoms with Crippen molar-refractivity contribution in [3.05, 3.63) is 70.8 Å². The van der Waals surface area contributed by atoms with Gasteiger partial charge in [0.05, 0.1) is 17.8 Å². The van der Waals surface area contributed by atoms with Crippen molar-refractivity contribution in [1.29, 1.82) is 0 Å². The summed E-state index contributed by atoms with van der Waals surface area (Å²) in [7, 11) is 0. The summed E-state index contributed by atoms with van der Waals surface area (Å²) in [5.41, 5.74) is 2.97. The lowest BCUT2D eigenvalue weighted by Crippen LogP contribution is -2.42. The average molecular weight is 430 g/mol. The summed E-state index contributed by atoms with van der Waals surface area (Å²) in [5, 5.41) is 4.24. The molecule has 2 aromatic carbocycles. The van der Waals surface area contributed by atoms with Crippen molar-refractivity contribution in [2.24, 2.45) is 11.1 Å². The Labute approximate surface area is 179 Å². The first kappa shape index (κ1) is 21.4. The maximum atomic E-state index is 13.0. The molecule has 1 fully saturated rings. The maximum Gasteiger partial charge on any atom is 0.416 e. The summed E-state index contributed by atoms with van der Waals surface area (Å²) in [6.45, 7) is 2.63. The van der Waals surface area contributed by atoms with E-state index in [2.05, 4.69) is 5.16 Å². The number of hydrogen-bond acceptors (Lipinski definition) is 3. The van der Waals surface area contributed by atoms with E-state index in [0.717, 1.165) is 48.2 Å². The summed E-state index contributed by atoms with van der Waals surface area (Å²) < 4.78 is 38.6. The molecule has 0 radical (unpaired) electrons. The van der Waals surface area contributed by atoms with Crippen molar-refractivity contribution >= 4 is 11.6 Å². The number of oxime groups is 1. The Bertz CT molecular complexity index is 966. The van der Waals surface area contributed by atoms with Gasteiger partial charge in [-0.3, -0.25) is 4.79 Å². The van der Waals surface area contributed by atoms with Crippen LogP contribution in [0.15, 0.2) is 53.7 Å². The lowest BCUT2D eigenvalue weighted by molar-refractivity contribution is -0.141. The Morgan fingerprint density at radius 1 is 1.13 bits per heavy atom. The molecule has 1 amide bonds. The third-order valence-corrected chi connectivity index (χ3v) is 6.03. The van der Waals surface area contributed by atoms with Crippen LogP contribution in [0.25, 0.3) is 0 Å². The standard InChI is InChI=1S/C24H25F3N2O2/c1-16-5-2-3-8-21(16)22-13-20(31-28-22)15-29(23(30)18-6-4-7-18)14-17-9-11-19(12-10-17)24(25,26)27/h2-3,5,8-12,18,20H,4,6-7,13-15H2,1H3/t20-/m1/s1. The average Bonchev–Trinajstić information content (AvgIpc) is 3.14. The minimum Gasteiger partial charge on any atom is -0.390 e. The lowest BCUT2D eigenvalue weighted by atomic mass is 9.84. The van der Waals surface area contributed by atoms with E-state index in [1.807, 2.05) is 31.2 Å². The number of carbonyl (C=O) groups excluding carboxylic acids is 1. The molecule has 0 unspecified atom stereocenters. The van der Waals surface area contributed by atoms with Gasteiger partial charge in [0, 0.05) is 24.4 Å². The summed E-state index contributed by atoms with van der Waals surface area (Å²) in [5.74, 6) is 0.0340. The third kappa shape index (κ3) is 4.92. The normalized spacial score (nSPS) is 18.8. The van der Waals surface area contributed by atoms with Gasteiger partial charge in [-0.2, -0.15) is 13.2 Å². The highest BCUT2D eigenvalue weighted by atomic mass is 19.4. The molecular weight excluding hydrogens is 405 g/mol. The first-order chi connectivity index (χ1) is 14.8. The molecule has 4 nitrogen and oxygen atoms in total. The molecular formula is C24H25F3N2O2. The second-order valence-corrected chi connectivity index (χ2v) is 8.33. The Kier molecular flexibility index (Phi) is 6.03. The molecule has 1 heterocycles. The van der Waals surface area contributed by atoms with Gasteiger partial charge in [-0.1, -0.05) is 48.0 Å². The molecule has 1 atom stereocenters. The highest BCUT2D eigenvalue weighted by molar-refractivity contribution is 6.02. The zero-order chi connectivity index (χ0) is 22.0. The van der Waals surface area contributed by atoms with Crippen LogP contribution in [0.1, 0.15) is 47.9 Å². The second-order valence-electron chi connectivity index (χ2n) is 8.33. The molecule has 0 saturated heterocycles. The minimum atomic E-state index is -4.37. The van der Waals surface area contributed by atoms with Crippen molar-refractivity contribution in [1.82, 2.24) is 4.90 Å². The number of nitrogens with zero attached hydrogens (tertiary/aromatic N) is 2. The Hall–Kier alpha value is -2.83.